The van der Waals surface area contributed by atoms with Crippen molar-refractivity contribution >= 4 is 23.2 Å². The van der Waals surface area contributed by atoms with E-state index in [1.165, 1.54) is 13.2 Å². The summed E-state index contributed by atoms with van der Waals surface area (Å²) in [7, 11) is 1.50. The van der Waals surface area contributed by atoms with Gasteiger partial charge in [-0.2, -0.15) is 5.10 Å². The number of aromatic hydroxyl groups is 1. The van der Waals surface area contributed by atoms with Crippen molar-refractivity contribution in [2.45, 2.75) is 13.8 Å². The summed E-state index contributed by atoms with van der Waals surface area (Å²) in [5, 5.41) is 16.2. The number of hydrazone groups is 1. The maximum atomic E-state index is 11.9. The van der Waals surface area contributed by atoms with Gasteiger partial charge in [0.2, 0.25) is 0 Å². The summed E-state index contributed by atoms with van der Waals surface area (Å²) in [5.74, 6) is -1.23. The molecule has 0 atom stereocenters. The number of rotatable bonds is 4. The number of hydrogen-bond acceptors (Lipinski definition) is 5. The summed E-state index contributed by atoms with van der Waals surface area (Å²) < 4.78 is 5.08. The topological polar surface area (TPSA) is 100 Å². The number of amides is 2. The van der Waals surface area contributed by atoms with Crippen LogP contribution in [-0.4, -0.2) is 29.7 Å². The average molecular weight is 341 g/mol. The quantitative estimate of drug-likeness (QED) is 0.451. The van der Waals surface area contributed by atoms with Crippen LogP contribution in [0.25, 0.3) is 0 Å². The minimum absolute atomic E-state index is 0.0135. The van der Waals surface area contributed by atoms with Crippen LogP contribution in [-0.2, 0) is 9.59 Å². The van der Waals surface area contributed by atoms with E-state index < -0.39 is 11.8 Å². The van der Waals surface area contributed by atoms with Crippen molar-refractivity contribution in [3.63, 3.8) is 0 Å². The number of carbonyl (C=O) groups is 2. The zero-order valence-electron chi connectivity index (χ0n) is 14.2. The molecule has 0 aromatic heterocycles. The number of benzene rings is 2. The van der Waals surface area contributed by atoms with Gasteiger partial charge < -0.3 is 15.2 Å². The summed E-state index contributed by atoms with van der Waals surface area (Å²) in [6, 6.07) is 11.7. The van der Waals surface area contributed by atoms with Crippen molar-refractivity contribution < 1.29 is 19.4 Å². The Hall–Kier alpha value is -3.35. The molecule has 7 heteroatoms. The molecule has 25 heavy (non-hydrogen) atoms. The molecule has 0 aliphatic rings. The molecule has 0 fully saturated rings. The molecule has 7 nitrogen and oxygen atoms in total. The van der Waals surface area contributed by atoms with Crippen molar-refractivity contribution in [1.82, 2.24) is 5.43 Å². The molecule has 2 aromatic carbocycles. The molecule has 0 heterocycles. The largest absolute Gasteiger partial charge is 0.507 e. The van der Waals surface area contributed by atoms with Gasteiger partial charge in [-0.05, 0) is 44.2 Å². The first kappa shape index (κ1) is 18.0. The molecule has 0 saturated heterocycles. The number of ether oxygens (including phenoxy) is 1. The molecule has 3 N–H and O–H groups in total. The number of methoxy groups -OCH3 is 1. The van der Waals surface area contributed by atoms with Crippen LogP contribution in [0.3, 0.4) is 0 Å². The van der Waals surface area contributed by atoms with Gasteiger partial charge in [0.05, 0.1) is 12.8 Å². The summed E-state index contributed by atoms with van der Waals surface area (Å²) in [5.41, 5.74) is 4.43. The summed E-state index contributed by atoms with van der Waals surface area (Å²) >= 11 is 0. The molecular formula is C18H19N3O4. The lowest BCUT2D eigenvalue weighted by atomic mass is 10.1. The van der Waals surface area contributed by atoms with E-state index in [-0.39, 0.29) is 5.75 Å². The van der Waals surface area contributed by atoms with Crippen LogP contribution in [0.2, 0.25) is 0 Å². The molecule has 130 valence electrons. The molecule has 2 aromatic rings. The summed E-state index contributed by atoms with van der Waals surface area (Å²) in [4.78, 5) is 23.7. The van der Waals surface area contributed by atoms with Crippen molar-refractivity contribution in [2.24, 2.45) is 5.10 Å². The van der Waals surface area contributed by atoms with Gasteiger partial charge in [0, 0.05) is 11.3 Å². The van der Waals surface area contributed by atoms with Gasteiger partial charge >= 0.3 is 11.8 Å². The lowest BCUT2D eigenvalue weighted by molar-refractivity contribution is -0.136. The maximum Gasteiger partial charge on any atom is 0.329 e. The van der Waals surface area contributed by atoms with Gasteiger partial charge in [0.1, 0.15) is 11.5 Å². The van der Waals surface area contributed by atoms with Crippen molar-refractivity contribution in [2.75, 3.05) is 12.4 Å². The number of anilines is 1. The van der Waals surface area contributed by atoms with E-state index in [1.54, 1.807) is 31.2 Å². The van der Waals surface area contributed by atoms with E-state index in [9.17, 15) is 14.7 Å². The maximum absolute atomic E-state index is 11.9. The van der Waals surface area contributed by atoms with Crippen LogP contribution >= 0.6 is 0 Å². The second-order valence-electron chi connectivity index (χ2n) is 5.34. The second kappa shape index (κ2) is 7.96. The number of carbonyl (C=O) groups excluding carboxylic acids is 2. The van der Waals surface area contributed by atoms with E-state index in [4.69, 9.17) is 4.74 Å². The lowest BCUT2D eigenvalue weighted by Gasteiger charge is -2.08. The van der Waals surface area contributed by atoms with Crippen molar-refractivity contribution in [3.05, 3.63) is 53.6 Å². The molecule has 0 radical (unpaired) electrons. The fourth-order valence-corrected chi connectivity index (χ4v) is 2.00. The Morgan fingerprint density at radius 3 is 2.40 bits per heavy atom. The molecular weight excluding hydrogens is 322 g/mol. The number of phenolic OH excluding ortho intramolecular Hbond substituents is 1. The van der Waals surface area contributed by atoms with Gasteiger partial charge in [-0.3, -0.25) is 9.59 Å². The first-order valence-corrected chi connectivity index (χ1v) is 7.50. The average Bonchev–Trinajstić information content (AvgIpc) is 2.61. The van der Waals surface area contributed by atoms with E-state index >= 15 is 0 Å². The van der Waals surface area contributed by atoms with Crippen LogP contribution < -0.4 is 15.5 Å². The Morgan fingerprint density at radius 2 is 1.76 bits per heavy atom. The highest BCUT2D eigenvalue weighted by Crippen LogP contribution is 2.23. The first-order chi connectivity index (χ1) is 11.9. The van der Waals surface area contributed by atoms with Gasteiger partial charge in [-0.15, -0.1) is 0 Å². The standard InChI is InChI=1S/C18H19N3O4/c1-11-4-6-13(7-5-11)19-17(23)18(24)21-20-12(2)15-10-14(25-3)8-9-16(15)22/h4-10,22H,1-3H3,(H,19,23)(H,21,24)/b20-12+. The van der Waals surface area contributed by atoms with Crippen molar-refractivity contribution in [3.8, 4) is 11.5 Å². The zero-order chi connectivity index (χ0) is 18.4. The molecule has 2 amide bonds. The monoisotopic (exact) mass is 341 g/mol. The first-order valence-electron chi connectivity index (χ1n) is 7.50. The predicted molar refractivity (Wildman–Crippen MR) is 94.8 cm³/mol. The Bertz CT molecular complexity index is 814. The molecule has 0 unspecified atom stereocenters. The van der Waals surface area contributed by atoms with Crippen LogP contribution in [0.15, 0.2) is 47.6 Å². The fraction of sp³-hybridized carbons (Fsp3) is 0.167. The molecule has 0 saturated carbocycles. The third-order valence-corrected chi connectivity index (χ3v) is 3.43. The Morgan fingerprint density at radius 1 is 1.08 bits per heavy atom. The normalized spacial score (nSPS) is 10.9. The highest BCUT2D eigenvalue weighted by atomic mass is 16.5. The zero-order valence-corrected chi connectivity index (χ0v) is 14.2. The highest BCUT2D eigenvalue weighted by Gasteiger charge is 2.14. The van der Waals surface area contributed by atoms with Gasteiger partial charge in [-0.25, -0.2) is 5.43 Å². The Kier molecular flexibility index (Phi) is 5.73. The lowest BCUT2D eigenvalue weighted by Crippen LogP contribution is -2.32. The number of aryl methyl sites for hydroxylation is 1. The van der Waals surface area contributed by atoms with E-state index in [2.05, 4.69) is 15.8 Å². The molecule has 0 aliphatic carbocycles. The van der Waals surface area contributed by atoms with Crippen LogP contribution in [0.1, 0.15) is 18.1 Å². The number of nitrogens with one attached hydrogen (secondary N) is 2. The minimum atomic E-state index is -0.915. The van der Waals surface area contributed by atoms with E-state index in [0.29, 0.717) is 22.7 Å². The van der Waals surface area contributed by atoms with Gasteiger partial charge in [0.25, 0.3) is 0 Å². The third kappa shape index (κ3) is 4.81. The third-order valence-electron chi connectivity index (χ3n) is 3.43. The van der Waals surface area contributed by atoms with Crippen molar-refractivity contribution in [1.29, 1.82) is 0 Å². The Balaban J connectivity index is 2.03. The van der Waals surface area contributed by atoms with E-state index in [1.807, 2.05) is 19.1 Å². The number of hydrogen-bond donors (Lipinski definition) is 3. The molecule has 2 rings (SSSR count). The van der Waals surface area contributed by atoms with Crippen LogP contribution in [0, 0.1) is 6.92 Å². The van der Waals surface area contributed by atoms with E-state index in [0.717, 1.165) is 5.56 Å². The number of nitrogens with zero attached hydrogens (tertiary/aromatic N) is 1. The predicted octanol–water partition coefficient (Wildman–Crippen LogP) is 2.19. The molecule has 0 aliphatic heterocycles. The minimum Gasteiger partial charge on any atom is -0.507 e. The summed E-state index contributed by atoms with van der Waals surface area (Å²) in [6.07, 6.45) is 0. The SMILES string of the molecule is COc1ccc(O)c(/C(C)=N/NC(=O)C(=O)Nc2ccc(C)cc2)c1. The highest BCUT2D eigenvalue weighted by molar-refractivity contribution is 6.39. The smallest absolute Gasteiger partial charge is 0.329 e. The fourth-order valence-electron chi connectivity index (χ4n) is 2.00. The van der Waals surface area contributed by atoms with Crippen LogP contribution in [0.4, 0.5) is 5.69 Å². The second-order valence-corrected chi connectivity index (χ2v) is 5.34. The van der Waals surface area contributed by atoms with Crippen LogP contribution in [0.5, 0.6) is 11.5 Å². The van der Waals surface area contributed by atoms with Gasteiger partial charge in [0.15, 0.2) is 0 Å². The number of phenols is 1. The molecule has 0 spiro atoms. The Labute approximate surface area is 145 Å². The van der Waals surface area contributed by atoms with Gasteiger partial charge in [-0.1, -0.05) is 17.7 Å². The molecule has 0 bridgehead atoms. The summed E-state index contributed by atoms with van der Waals surface area (Å²) in [6.45, 7) is 3.51.